The lowest BCUT2D eigenvalue weighted by atomic mass is 9.98. The molecule has 0 radical (unpaired) electrons. The lowest BCUT2D eigenvalue weighted by Crippen LogP contribution is -2.51. The monoisotopic (exact) mass is 334 g/mol. The molecule has 5 nitrogen and oxygen atoms in total. The second-order valence-electron chi connectivity index (χ2n) is 7.05. The summed E-state index contributed by atoms with van der Waals surface area (Å²) in [6.07, 6.45) is 5.61. The minimum atomic E-state index is 0.0303. The normalized spacial score (nSPS) is 14.9. The molecule has 4 rings (SSSR count). The van der Waals surface area contributed by atoms with E-state index in [2.05, 4.69) is 28.4 Å². The lowest BCUT2D eigenvalue weighted by Gasteiger charge is -2.39. The maximum absolute atomic E-state index is 12.8. The average molecular weight is 334 g/mol. The fourth-order valence-electron chi connectivity index (χ4n) is 3.54. The van der Waals surface area contributed by atoms with Gasteiger partial charge in [-0.05, 0) is 11.5 Å². The minimum absolute atomic E-state index is 0.0303. The Bertz CT molecular complexity index is 903. The molecule has 25 heavy (non-hydrogen) atoms. The zero-order chi connectivity index (χ0) is 17.4. The topological polar surface area (TPSA) is 51.0 Å². The summed E-state index contributed by atoms with van der Waals surface area (Å²) in [4.78, 5) is 23.5. The molecule has 0 saturated carbocycles. The van der Waals surface area contributed by atoms with Gasteiger partial charge in [0.1, 0.15) is 11.5 Å². The van der Waals surface area contributed by atoms with Crippen molar-refractivity contribution in [2.45, 2.75) is 26.3 Å². The van der Waals surface area contributed by atoms with Crippen molar-refractivity contribution >= 4 is 16.7 Å². The number of nitrogens with zero attached hydrogens (tertiary/aromatic N) is 4. The highest BCUT2D eigenvalue weighted by Gasteiger charge is 2.33. The fraction of sp³-hybridized carbons (Fsp3) is 0.350. The van der Waals surface area contributed by atoms with Crippen LogP contribution in [0.2, 0.25) is 0 Å². The fourth-order valence-corrected chi connectivity index (χ4v) is 3.54. The second-order valence-corrected chi connectivity index (χ2v) is 7.05. The second kappa shape index (κ2) is 6.31. The van der Waals surface area contributed by atoms with Crippen LogP contribution in [0.5, 0.6) is 0 Å². The first-order valence-electron chi connectivity index (χ1n) is 8.77. The van der Waals surface area contributed by atoms with Crippen LogP contribution in [0.4, 0.5) is 0 Å². The van der Waals surface area contributed by atoms with Crippen LogP contribution in [0.3, 0.4) is 0 Å². The molecule has 2 aromatic heterocycles. The van der Waals surface area contributed by atoms with E-state index in [1.807, 2.05) is 47.6 Å². The Morgan fingerprint density at radius 3 is 2.76 bits per heavy atom. The van der Waals surface area contributed by atoms with Crippen molar-refractivity contribution in [2.24, 2.45) is 5.92 Å². The molecule has 0 atom stereocenters. The molecular weight excluding hydrogens is 312 g/mol. The molecule has 1 aliphatic heterocycles. The van der Waals surface area contributed by atoms with E-state index >= 15 is 0 Å². The molecule has 0 N–H and O–H groups in total. The maximum Gasteiger partial charge on any atom is 0.273 e. The number of carbonyl (C=O) groups is 1. The third-order valence-electron chi connectivity index (χ3n) is 4.84. The third-order valence-corrected chi connectivity index (χ3v) is 4.84. The number of hydrogen-bond donors (Lipinski definition) is 0. The van der Waals surface area contributed by atoms with Crippen LogP contribution < -0.4 is 0 Å². The molecule has 0 spiro atoms. The van der Waals surface area contributed by atoms with Gasteiger partial charge >= 0.3 is 0 Å². The minimum Gasteiger partial charge on any atom is -0.336 e. The van der Waals surface area contributed by atoms with Crippen molar-refractivity contribution in [3.8, 4) is 0 Å². The van der Waals surface area contributed by atoms with E-state index in [1.165, 1.54) is 0 Å². The van der Waals surface area contributed by atoms with Gasteiger partial charge in [-0.3, -0.25) is 9.78 Å². The smallest absolute Gasteiger partial charge is 0.273 e. The van der Waals surface area contributed by atoms with E-state index in [0.29, 0.717) is 17.5 Å². The molecule has 1 fully saturated rings. The number of hydrogen-bond acceptors (Lipinski definition) is 3. The van der Waals surface area contributed by atoms with Crippen LogP contribution in [0.25, 0.3) is 10.8 Å². The molecule has 1 aromatic carbocycles. The largest absolute Gasteiger partial charge is 0.336 e. The average Bonchev–Trinajstić information content (AvgIpc) is 3.05. The molecule has 5 heteroatoms. The molecule has 3 heterocycles. The number of pyridine rings is 1. The van der Waals surface area contributed by atoms with Crippen molar-refractivity contribution in [3.05, 3.63) is 60.4 Å². The highest BCUT2D eigenvalue weighted by atomic mass is 16.2. The summed E-state index contributed by atoms with van der Waals surface area (Å²) >= 11 is 0. The Hall–Kier alpha value is -2.69. The first-order chi connectivity index (χ1) is 12.1. The van der Waals surface area contributed by atoms with E-state index in [4.69, 9.17) is 0 Å². The molecule has 0 bridgehead atoms. The van der Waals surface area contributed by atoms with Crippen LogP contribution in [0.1, 0.15) is 36.1 Å². The summed E-state index contributed by atoms with van der Waals surface area (Å²) in [5.74, 6) is 2.03. The van der Waals surface area contributed by atoms with Gasteiger partial charge < -0.3 is 9.47 Å². The van der Waals surface area contributed by atoms with Crippen LogP contribution in [-0.4, -0.2) is 38.4 Å². The molecular formula is C20H22N4O. The molecule has 1 amide bonds. The highest BCUT2D eigenvalue weighted by Crippen LogP contribution is 2.24. The lowest BCUT2D eigenvalue weighted by molar-refractivity contribution is 0.0463. The molecule has 1 saturated heterocycles. The summed E-state index contributed by atoms with van der Waals surface area (Å²) in [6, 6.07) is 9.85. The van der Waals surface area contributed by atoms with Crippen LogP contribution in [0, 0.1) is 5.92 Å². The van der Waals surface area contributed by atoms with Gasteiger partial charge in [0.15, 0.2) is 0 Å². The Labute approximate surface area is 147 Å². The number of imidazole rings is 1. The number of rotatable bonds is 4. The summed E-state index contributed by atoms with van der Waals surface area (Å²) in [6.45, 7) is 6.78. The zero-order valence-electron chi connectivity index (χ0n) is 14.6. The van der Waals surface area contributed by atoms with Crippen molar-refractivity contribution in [1.82, 2.24) is 19.4 Å². The summed E-state index contributed by atoms with van der Waals surface area (Å²) < 4.78 is 2.22. The van der Waals surface area contributed by atoms with Gasteiger partial charge in [0.25, 0.3) is 5.91 Å². The Kier molecular flexibility index (Phi) is 3.99. The molecule has 0 aliphatic carbocycles. The van der Waals surface area contributed by atoms with Gasteiger partial charge in [-0.1, -0.05) is 38.1 Å². The number of fused-ring (bicyclic) bond motifs is 1. The number of likely N-dealkylation sites (tertiary alicyclic amines) is 1. The number of aromatic nitrogens is 3. The number of carbonyl (C=O) groups excluding carboxylic acids is 1. The summed E-state index contributed by atoms with van der Waals surface area (Å²) in [7, 11) is 0. The Balaban J connectivity index is 1.45. The molecule has 128 valence electrons. The van der Waals surface area contributed by atoms with E-state index in [0.717, 1.165) is 36.2 Å². The number of amides is 1. The van der Waals surface area contributed by atoms with E-state index in [-0.39, 0.29) is 5.91 Å². The predicted octanol–water partition coefficient (Wildman–Crippen LogP) is 3.33. The van der Waals surface area contributed by atoms with Crippen LogP contribution in [0.15, 0.2) is 48.9 Å². The van der Waals surface area contributed by atoms with Crippen molar-refractivity contribution in [2.75, 3.05) is 13.1 Å². The van der Waals surface area contributed by atoms with Crippen LogP contribution >= 0.6 is 0 Å². The van der Waals surface area contributed by atoms with Gasteiger partial charge in [-0.25, -0.2) is 4.98 Å². The summed E-state index contributed by atoms with van der Waals surface area (Å²) in [5, 5.41) is 1.98. The first-order valence-corrected chi connectivity index (χ1v) is 8.77. The standard InChI is InChI=1S/C20H22N4O/c1-14(2)19-22-9-10-23(19)11-15-12-24(13-15)20(25)18-17-6-4-3-5-16(17)7-8-21-18/h3-10,14-15H,11-13H2,1-2H3. The van der Waals surface area contributed by atoms with E-state index in [1.54, 1.807) is 6.20 Å². The number of benzene rings is 1. The van der Waals surface area contributed by atoms with Gasteiger partial charge in [0.05, 0.1) is 0 Å². The van der Waals surface area contributed by atoms with Crippen molar-refractivity contribution in [1.29, 1.82) is 0 Å². The van der Waals surface area contributed by atoms with Crippen molar-refractivity contribution < 1.29 is 4.79 Å². The van der Waals surface area contributed by atoms with Crippen molar-refractivity contribution in [3.63, 3.8) is 0 Å². The van der Waals surface area contributed by atoms with Gasteiger partial charge in [0, 0.05) is 55.4 Å². The van der Waals surface area contributed by atoms with Gasteiger partial charge in [0.2, 0.25) is 0 Å². The SMILES string of the molecule is CC(C)c1nccn1CC1CN(C(=O)c2nccc3ccccc23)C1. The summed E-state index contributed by atoms with van der Waals surface area (Å²) in [5.41, 5.74) is 0.557. The predicted molar refractivity (Wildman–Crippen MR) is 97.5 cm³/mol. The highest BCUT2D eigenvalue weighted by molar-refractivity contribution is 6.05. The van der Waals surface area contributed by atoms with E-state index in [9.17, 15) is 4.79 Å². The quantitative estimate of drug-likeness (QED) is 0.735. The third kappa shape index (κ3) is 2.90. The molecule has 0 unspecified atom stereocenters. The first kappa shape index (κ1) is 15.8. The van der Waals surface area contributed by atoms with Gasteiger partial charge in [-0.2, -0.15) is 0 Å². The Morgan fingerprint density at radius 2 is 1.96 bits per heavy atom. The Morgan fingerprint density at radius 1 is 1.16 bits per heavy atom. The molecule has 3 aromatic rings. The van der Waals surface area contributed by atoms with Gasteiger partial charge in [-0.15, -0.1) is 0 Å². The van der Waals surface area contributed by atoms with Crippen LogP contribution in [-0.2, 0) is 6.54 Å². The maximum atomic E-state index is 12.8. The molecule has 1 aliphatic rings. The zero-order valence-corrected chi connectivity index (χ0v) is 14.6. The van der Waals surface area contributed by atoms with E-state index < -0.39 is 0 Å².